The SMILES string of the molecule is CC(C)n1cnc(S(=O)(=O)N2CCS[C@@H](c3ccccc3Cl)CC2)c1. The Labute approximate surface area is 158 Å². The first-order chi connectivity index (χ1) is 11.9. The van der Waals surface area contributed by atoms with Crippen LogP contribution in [-0.2, 0) is 10.0 Å². The summed E-state index contributed by atoms with van der Waals surface area (Å²) in [5, 5.41) is 1.08. The van der Waals surface area contributed by atoms with Crippen LogP contribution in [-0.4, -0.2) is 41.1 Å². The molecule has 8 heteroatoms. The minimum absolute atomic E-state index is 0.127. The fourth-order valence-electron chi connectivity index (χ4n) is 2.84. The van der Waals surface area contributed by atoms with Crippen LogP contribution in [0.5, 0.6) is 0 Å². The largest absolute Gasteiger partial charge is 0.334 e. The second-order valence-electron chi connectivity index (χ2n) is 6.33. The Morgan fingerprint density at radius 1 is 1.28 bits per heavy atom. The lowest BCUT2D eigenvalue weighted by molar-refractivity contribution is 0.426. The molecule has 25 heavy (non-hydrogen) atoms. The molecule has 0 aliphatic carbocycles. The first-order valence-corrected chi connectivity index (χ1v) is 11.2. The van der Waals surface area contributed by atoms with Gasteiger partial charge in [-0.2, -0.15) is 16.1 Å². The van der Waals surface area contributed by atoms with Gasteiger partial charge >= 0.3 is 0 Å². The molecule has 1 saturated heterocycles. The van der Waals surface area contributed by atoms with Crippen molar-refractivity contribution in [2.45, 2.75) is 36.6 Å². The van der Waals surface area contributed by atoms with Crippen molar-refractivity contribution in [3.05, 3.63) is 47.4 Å². The lowest BCUT2D eigenvalue weighted by Crippen LogP contribution is -2.33. The molecule has 1 fully saturated rings. The fraction of sp³-hybridized carbons (Fsp3) is 0.471. The van der Waals surface area contributed by atoms with E-state index in [0.29, 0.717) is 13.1 Å². The first-order valence-electron chi connectivity index (χ1n) is 8.29. The quantitative estimate of drug-likeness (QED) is 0.780. The van der Waals surface area contributed by atoms with E-state index in [4.69, 9.17) is 11.6 Å². The molecule has 2 aromatic rings. The van der Waals surface area contributed by atoms with E-state index in [1.165, 1.54) is 0 Å². The van der Waals surface area contributed by atoms with E-state index in [0.717, 1.165) is 22.8 Å². The highest BCUT2D eigenvalue weighted by molar-refractivity contribution is 7.99. The van der Waals surface area contributed by atoms with Crippen molar-refractivity contribution in [3.8, 4) is 0 Å². The van der Waals surface area contributed by atoms with Gasteiger partial charge in [0.2, 0.25) is 0 Å². The van der Waals surface area contributed by atoms with Gasteiger partial charge in [0, 0.05) is 41.4 Å². The summed E-state index contributed by atoms with van der Waals surface area (Å²) in [4.78, 5) is 4.11. The van der Waals surface area contributed by atoms with Crippen LogP contribution in [0, 0.1) is 0 Å². The monoisotopic (exact) mass is 399 g/mol. The van der Waals surface area contributed by atoms with E-state index in [1.54, 1.807) is 28.6 Å². The summed E-state index contributed by atoms with van der Waals surface area (Å²) in [5.41, 5.74) is 1.08. The lowest BCUT2D eigenvalue weighted by Gasteiger charge is -2.19. The summed E-state index contributed by atoms with van der Waals surface area (Å²) in [6.45, 7) is 4.95. The molecule has 0 saturated carbocycles. The molecule has 3 rings (SSSR count). The van der Waals surface area contributed by atoms with Crippen LogP contribution in [0.1, 0.15) is 37.1 Å². The highest BCUT2D eigenvalue weighted by Crippen LogP contribution is 2.38. The van der Waals surface area contributed by atoms with Gasteiger partial charge in [-0.05, 0) is 31.9 Å². The molecule has 2 heterocycles. The summed E-state index contributed by atoms with van der Waals surface area (Å²) < 4.78 is 29.2. The molecule has 0 spiro atoms. The third-order valence-electron chi connectivity index (χ3n) is 4.33. The van der Waals surface area contributed by atoms with E-state index < -0.39 is 10.0 Å². The minimum Gasteiger partial charge on any atom is -0.334 e. The summed E-state index contributed by atoms with van der Waals surface area (Å²) in [6.07, 6.45) is 3.93. The number of halogens is 1. The zero-order chi connectivity index (χ0) is 18.0. The van der Waals surface area contributed by atoms with Gasteiger partial charge in [-0.15, -0.1) is 0 Å². The van der Waals surface area contributed by atoms with Crippen molar-refractivity contribution in [1.29, 1.82) is 0 Å². The topological polar surface area (TPSA) is 55.2 Å². The van der Waals surface area contributed by atoms with Gasteiger partial charge in [0.1, 0.15) is 0 Å². The Bertz CT molecular complexity index is 836. The molecule has 1 aromatic carbocycles. The second-order valence-corrected chi connectivity index (χ2v) is 9.93. The molecule has 0 bridgehead atoms. The maximum Gasteiger partial charge on any atom is 0.262 e. The number of rotatable bonds is 4. The van der Waals surface area contributed by atoms with Crippen LogP contribution in [0.3, 0.4) is 0 Å². The third-order valence-corrected chi connectivity index (χ3v) is 7.77. The van der Waals surface area contributed by atoms with E-state index in [9.17, 15) is 8.42 Å². The number of thioether (sulfide) groups is 1. The van der Waals surface area contributed by atoms with Gasteiger partial charge < -0.3 is 4.57 Å². The van der Waals surface area contributed by atoms with Gasteiger partial charge in [-0.25, -0.2) is 13.4 Å². The summed E-state index contributed by atoms with van der Waals surface area (Å²) >= 11 is 8.07. The van der Waals surface area contributed by atoms with Gasteiger partial charge in [-0.3, -0.25) is 0 Å². The maximum atomic E-state index is 12.9. The Morgan fingerprint density at radius 2 is 2.04 bits per heavy atom. The molecule has 1 atom stereocenters. The number of sulfonamides is 1. The molecule has 0 radical (unpaired) electrons. The molecule has 5 nitrogen and oxygen atoms in total. The zero-order valence-electron chi connectivity index (χ0n) is 14.3. The van der Waals surface area contributed by atoms with Gasteiger partial charge in [-0.1, -0.05) is 29.8 Å². The average Bonchev–Trinajstić information content (AvgIpc) is 2.95. The second kappa shape index (κ2) is 7.70. The molecule has 136 valence electrons. The third kappa shape index (κ3) is 4.05. The molecule has 1 aliphatic rings. The van der Waals surface area contributed by atoms with E-state index >= 15 is 0 Å². The van der Waals surface area contributed by atoms with E-state index in [1.807, 2.05) is 42.7 Å². The predicted molar refractivity (Wildman–Crippen MR) is 103 cm³/mol. The number of nitrogens with zero attached hydrogens (tertiary/aromatic N) is 3. The molecule has 0 N–H and O–H groups in total. The first kappa shape index (κ1) is 18.8. The normalized spacial score (nSPS) is 19.9. The Kier molecular flexibility index (Phi) is 5.78. The summed E-state index contributed by atoms with van der Waals surface area (Å²) in [7, 11) is -3.56. The number of imidazole rings is 1. The molecule has 0 unspecified atom stereocenters. The van der Waals surface area contributed by atoms with Crippen molar-refractivity contribution in [2.75, 3.05) is 18.8 Å². The summed E-state index contributed by atoms with van der Waals surface area (Å²) in [6, 6.07) is 7.97. The smallest absolute Gasteiger partial charge is 0.262 e. The summed E-state index contributed by atoms with van der Waals surface area (Å²) in [5.74, 6) is 0.736. The van der Waals surface area contributed by atoms with Crippen molar-refractivity contribution < 1.29 is 8.42 Å². The number of hydrogen-bond acceptors (Lipinski definition) is 4. The number of aromatic nitrogens is 2. The van der Waals surface area contributed by atoms with Gasteiger partial charge in [0.15, 0.2) is 5.03 Å². The van der Waals surface area contributed by atoms with Gasteiger partial charge in [0.05, 0.1) is 6.33 Å². The van der Waals surface area contributed by atoms with Gasteiger partial charge in [0.25, 0.3) is 10.0 Å². The minimum atomic E-state index is -3.56. The van der Waals surface area contributed by atoms with Crippen molar-refractivity contribution in [3.63, 3.8) is 0 Å². The standard InChI is InChI=1S/C17H22ClN3O2S2/c1-13(2)20-11-17(19-12-20)25(22,23)21-8-7-16(24-10-9-21)14-5-3-4-6-15(14)18/h3-6,11-13,16H,7-10H2,1-2H3/t16-/m1/s1. The predicted octanol–water partition coefficient (Wildman–Crippen LogP) is 3.99. The fourth-order valence-corrected chi connectivity index (χ4v) is 5.93. The van der Waals surface area contributed by atoms with Crippen LogP contribution < -0.4 is 0 Å². The molecular weight excluding hydrogens is 378 g/mol. The Morgan fingerprint density at radius 3 is 2.72 bits per heavy atom. The van der Waals surface area contributed by atoms with Crippen LogP contribution in [0.4, 0.5) is 0 Å². The van der Waals surface area contributed by atoms with Crippen LogP contribution in [0.25, 0.3) is 0 Å². The molecule has 0 amide bonds. The molecule has 1 aromatic heterocycles. The van der Waals surface area contributed by atoms with Crippen LogP contribution in [0.15, 0.2) is 41.8 Å². The lowest BCUT2D eigenvalue weighted by atomic mass is 10.1. The maximum absolute atomic E-state index is 12.9. The van der Waals surface area contributed by atoms with Crippen molar-refractivity contribution >= 4 is 33.4 Å². The Hall–Kier alpha value is -1.02. The van der Waals surface area contributed by atoms with Crippen LogP contribution in [0.2, 0.25) is 5.02 Å². The van der Waals surface area contributed by atoms with Crippen LogP contribution >= 0.6 is 23.4 Å². The number of benzene rings is 1. The van der Waals surface area contributed by atoms with E-state index in [2.05, 4.69) is 4.98 Å². The highest BCUT2D eigenvalue weighted by Gasteiger charge is 2.30. The Balaban J connectivity index is 1.77. The molecule has 1 aliphatic heterocycles. The van der Waals surface area contributed by atoms with Crippen molar-refractivity contribution in [2.24, 2.45) is 0 Å². The molecular formula is C17H22ClN3O2S2. The zero-order valence-corrected chi connectivity index (χ0v) is 16.7. The van der Waals surface area contributed by atoms with E-state index in [-0.39, 0.29) is 16.3 Å². The number of hydrogen-bond donors (Lipinski definition) is 0. The van der Waals surface area contributed by atoms with Crippen molar-refractivity contribution in [1.82, 2.24) is 13.9 Å². The highest BCUT2D eigenvalue weighted by atomic mass is 35.5. The average molecular weight is 400 g/mol.